The second-order valence-corrected chi connectivity index (χ2v) is 5.91. The van der Waals surface area contributed by atoms with E-state index in [0.717, 1.165) is 25.1 Å². The highest BCUT2D eigenvalue weighted by atomic mass is 19.1. The molecular formula is C17H21FN4O2. The van der Waals surface area contributed by atoms with E-state index in [1.807, 2.05) is 11.8 Å². The smallest absolute Gasteiger partial charge is 0.226 e. The third-order valence-corrected chi connectivity index (χ3v) is 4.15. The number of para-hydroxylation sites is 1. The molecule has 1 aliphatic rings. The Hall–Kier alpha value is -2.44. The molecule has 1 amide bonds. The average molecular weight is 332 g/mol. The second-order valence-electron chi connectivity index (χ2n) is 5.91. The van der Waals surface area contributed by atoms with E-state index in [2.05, 4.69) is 15.2 Å². The maximum Gasteiger partial charge on any atom is 0.226 e. The van der Waals surface area contributed by atoms with Crippen LogP contribution in [0.1, 0.15) is 43.4 Å². The third kappa shape index (κ3) is 3.72. The zero-order valence-corrected chi connectivity index (χ0v) is 13.7. The van der Waals surface area contributed by atoms with Gasteiger partial charge in [0.1, 0.15) is 5.82 Å². The molecule has 1 fully saturated rings. The van der Waals surface area contributed by atoms with Gasteiger partial charge in [-0.1, -0.05) is 12.1 Å². The molecule has 0 unspecified atom stereocenters. The number of likely N-dealkylation sites (tertiary alicyclic amines) is 1. The summed E-state index contributed by atoms with van der Waals surface area (Å²) >= 11 is 0. The largest absolute Gasteiger partial charge is 0.490 e. The van der Waals surface area contributed by atoms with E-state index in [0.29, 0.717) is 12.4 Å². The van der Waals surface area contributed by atoms with Gasteiger partial charge in [0.05, 0.1) is 19.1 Å². The van der Waals surface area contributed by atoms with Crippen molar-refractivity contribution in [2.24, 2.45) is 0 Å². The zero-order valence-electron chi connectivity index (χ0n) is 13.7. The second kappa shape index (κ2) is 7.42. The number of hydrogen-bond acceptors (Lipinski definition) is 4. The molecule has 6 nitrogen and oxygen atoms in total. The van der Waals surface area contributed by atoms with Crippen molar-refractivity contribution in [1.29, 1.82) is 0 Å². The van der Waals surface area contributed by atoms with E-state index >= 15 is 0 Å². The first kappa shape index (κ1) is 16.4. The van der Waals surface area contributed by atoms with Gasteiger partial charge in [-0.05, 0) is 38.3 Å². The van der Waals surface area contributed by atoms with E-state index in [4.69, 9.17) is 4.74 Å². The summed E-state index contributed by atoms with van der Waals surface area (Å²) in [6.07, 6.45) is 3.08. The fraction of sp³-hybridized carbons (Fsp3) is 0.471. The number of aromatic nitrogens is 3. The van der Waals surface area contributed by atoms with Crippen molar-refractivity contribution in [3.63, 3.8) is 0 Å². The van der Waals surface area contributed by atoms with Crippen LogP contribution in [0.15, 0.2) is 24.3 Å². The lowest BCUT2D eigenvalue weighted by atomic mass is 10.0. The lowest BCUT2D eigenvalue weighted by Gasteiger charge is -2.34. The van der Waals surface area contributed by atoms with Gasteiger partial charge in [0.2, 0.25) is 5.91 Å². The average Bonchev–Trinajstić information content (AvgIpc) is 3.03. The van der Waals surface area contributed by atoms with E-state index in [1.165, 1.54) is 6.07 Å². The number of ether oxygens (including phenoxy) is 1. The summed E-state index contributed by atoms with van der Waals surface area (Å²) in [7, 11) is 0. The van der Waals surface area contributed by atoms with Crippen LogP contribution in [-0.2, 0) is 4.79 Å². The summed E-state index contributed by atoms with van der Waals surface area (Å²) in [5, 5.41) is 7.03. The minimum Gasteiger partial charge on any atom is -0.490 e. The summed E-state index contributed by atoms with van der Waals surface area (Å²) in [5.74, 6) is 1.14. The van der Waals surface area contributed by atoms with Gasteiger partial charge < -0.3 is 9.64 Å². The molecule has 1 atom stereocenters. The van der Waals surface area contributed by atoms with Crippen molar-refractivity contribution >= 4 is 5.91 Å². The van der Waals surface area contributed by atoms with Crippen molar-refractivity contribution in [1.82, 2.24) is 20.1 Å². The Kier molecular flexibility index (Phi) is 5.08. The minimum atomic E-state index is -0.419. The summed E-state index contributed by atoms with van der Waals surface area (Å²) in [4.78, 5) is 18.7. The Labute approximate surface area is 140 Å². The fourth-order valence-electron chi connectivity index (χ4n) is 2.96. The summed E-state index contributed by atoms with van der Waals surface area (Å²) in [6, 6.07) is 6.10. The third-order valence-electron chi connectivity index (χ3n) is 4.15. The molecule has 2 heterocycles. The Morgan fingerprint density at radius 1 is 1.42 bits per heavy atom. The van der Waals surface area contributed by atoms with Crippen LogP contribution in [0.2, 0.25) is 0 Å². The molecule has 0 aliphatic carbocycles. The van der Waals surface area contributed by atoms with Crippen LogP contribution in [0.25, 0.3) is 0 Å². The van der Waals surface area contributed by atoms with Gasteiger partial charge >= 0.3 is 0 Å². The molecule has 1 aromatic heterocycles. The van der Waals surface area contributed by atoms with Crippen molar-refractivity contribution in [2.75, 3.05) is 13.2 Å². The number of piperidine rings is 1. The number of nitrogens with zero attached hydrogens (tertiary/aromatic N) is 3. The number of hydrogen-bond donors (Lipinski definition) is 1. The van der Waals surface area contributed by atoms with E-state index in [9.17, 15) is 9.18 Å². The van der Waals surface area contributed by atoms with Crippen LogP contribution in [0.5, 0.6) is 5.75 Å². The first-order valence-electron chi connectivity index (χ1n) is 8.21. The van der Waals surface area contributed by atoms with Gasteiger partial charge in [0.15, 0.2) is 17.4 Å². The number of carbonyl (C=O) groups is 1. The molecule has 0 bridgehead atoms. The molecule has 3 rings (SSSR count). The Balaban J connectivity index is 1.59. The van der Waals surface area contributed by atoms with E-state index < -0.39 is 5.82 Å². The van der Waals surface area contributed by atoms with Crippen LogP contribution < -0.4 is 4.74 Å². The molecule has 24 heavy (non-hydrogen) atoms. The lowest BCUT2D eigenvalue weighted by molar-refractivity contribution is -0.135. The van der Waals surface area contributed by atoms with Crippen LogP contribution in [0, 0.1) is 12.7 Å². The fourth-order valence-corrected chi connectivity index (χ4v) is 2.96. The highest BCUT2D eigenvalue weighted by Gasteiger charge is 2.30. The maximum absolute atomic E-state index is 13.5. The standard InChI is InChI=1S/C17H21FN4O2/c1-12-19-17(21-20-12)14-7-4-5-10-22(14)16(23)9-11-24-15-8-3-2-6-13(15)18/h2-3,6,8,14H,4-5,7,9-11H2,1H3,(H,19,20,21)/t14-/m0/s1. The molecule has 0 saturated carbocycles. The zero-order chi connectivity index (χ0) is 16.9. The number of nitrogens with one attached hydrogen (secondary N) is 1. The molecule has 1 saturated heterocycles. The van der Waals surface area contributed by atoms with Crippen molar-refractivity contribution in [3.8, 4) is 5.75 Å². The van der Waals surface area contributed by atoms with Gasteiger partial charge in [0, 0.05) is 6.54 Å². The number of carbonyl (C=O) groups excluding carboxylic acids is 1. The molecule has 1 aromatic carbocycles. The van der Waals surface area contributed by atoms with Gasteiger partial charge in [-0.3, -0.25) is 9.89 Å². The first-order chi connectivity index (χ1) is 11.6. The van der Waals surface area contributed by atoms with Crippen molar-refractivity contribution < 1.29 is 13.9 Å². The number of aryl methyl sites for hydroxylation is 1. The Morgan fingerprint density at radius 3 is 3.00 bits per heavy atom. The molecule has 7 heteroatoms. The molecule has 0 radical (unpaired) electrons. The van der Waals surface area contributed by atoms with Crippen molar-refractivity contribution in [3.05, 3.63) is 41.7 Å². The van der Waals surface area contributed by atoms with Gasteiger partial charge in [0.25, 0.3) is 0 Å². The lowest BCUT2D eigenvalue weighted by Crippen LogP contribution is -2.39. The summed E-state index contributed by atoms with van der Waals surface area (Å²) < 4.78 is 18.9. The van der Waals surface area contributed by atoms with Gasteiger partial charge in [-0.15, -0.1) is 0 Å². The summed E-state index contributed by atoms with van der Waals surface area (Å²) in [5.41, 5.74) is 0. The monoisotopic (exact) mass is 332 g/mol. The molecule has 2 aromatic rings. The Bertz CT molecular complexity index is 703. The van der Waals surface area contributed by atoms with E-state index in [-0.39, 0.29) is 30.7 Å². The quantitative estimate of drug-likeness (QED) is 0.914. The number of H-pyrrole nitrogens is 1. The number of halogens is 1. The summed E-state index contributed by atoms with van der Waals surface area (Å²) in [6.45, 7) is 2.68. The normalized spacial score (nSPS) is 17.8. The number of rotatable bonds is 5. The number of aromatic amines is 1. The highest BCUT2D eigenvalue weighted by Crippen LogP contribution is 2.29. The predicted octanol–water partition coefficient (Wildman–Crippen LogP) is 2.77. The maximum atomic E-state index is 13.5. The topological polar surface area (TPSA) is 71.1 Å². The molecule has 1 N–H and O–H groups in total. The molecular weight excluding hydrogens is 311 g/mol. The highest BCUT2D eigenvalue weighted by molar-refractivity contribution is 5.76. The van der Waals surface area contributed by atoms with Crippen LogP contribution in [0.3, 0.4) is 0 Å². The van der Waals surface area contributed by atoms with Gasteiger partial charge in [-0.2, -0.15) is 5.10 Å². The number of amides is 1. The first-order valence-corrected chi connectivity index (χ1v) is 8.21. The molecule has 128 valence electrons. The van der Waals surface area contributed by atoms with Crippen molar-refractivity contribution in [2.45, 2.75) is 38.6 Å². The van der Waals surface area contributed by atoms with E-state index in [1.54, 1.807) is 18.2 Å². The minimum absolute atomic E-state index is 0.0153. The molecule has 0 spiro atoms. The number of benzene rings is 1. The van der Waals surface area contributed by atoms with Crippen LogP contribution >= 0.6 is 0 Å². The molecule has 1 aliphatic heterocycles. The van der Waals surface area contributed by atoms with Gasteiger partial charge in [-0.25, -0.2) is 9.37 Å². The Morgan fingerprint density at radius 2 is 2.25 bits per heavy atom. The van der Waals surface area contributed by atoms with Crippen LogP contribution in [-0.4, -0.2) is 39.1 Å². The SMILES string of the molecule is Cc1nc([C@@H]2CCCCN2C(=O)CCOc2ccccc2F)n[nH]1. The predicted molar refractivity (Wildman–Crippen MR) is 85.9 cm³/mol. The van der Waals surface area contributed by atoms with Crippen LogP contribution in [0.4, 0.5) is 4.39 Å².